The predicted molar refractivity (Wildman–Crippen MR) is 109 cm³/mol. The van der Waals surface area contributed by atoms with Crippen LogP contribution < -0.4 is 10.6 Å². The Hall–Kier alpha value is -3.63. The third-order valence-corrected chi connectivity index (χ3v) is 4.90. The van der Waals surface area contributed by atoms with Gasteiger partial charge in [0.05, 0.1) is 17.5 Å². The fourth-order valence-corrected chi connectivity index (χ4v) is 3.07. The Morgan fingerprint density at radius 1 is 1.35 bits per heavy atom. The van der Waals surface area contributed by atoms with Gasteiger partial charge in [0.15, 0.2) is 11.7 Å². The molecule has 1 fully saturated rings. The van der Waals surface area contributed by atoms with Crippen LogP contribution in [0.5, 0.6) is 0 Å². The molecule has 3 rings (SSSR count). The lowest BCUT2D eigenvalue weighted by atomic mass is 9.92. The summed E-state index contributed by atoms with van der Waals surface area (Å²) >= 11 is 0. The van der Waals surface area contributed by atoms with Crippen LogP contribution in [0.1, 0.15) is 42.7 Å². The van der Waals surface area contributed by atoms with Crippen molar-refractivity contribution >= 4 is 17.6 Å². The van der Waals surface area contributed by atoms with E-state index in [-0.39, 0.29) is 34.5 Å². The first-order valence-electron chi connectivity index (χ1n) is 9.54. The van der Waals surface area contributed by atoms with Crippen molar-refractivity contribution in [1.29, 1.82) is 5.41 Å². The molecule has 31 heavy (non-hydrogen) atoms. The third kappa shape index (κ3) is 4.60. The van der Waals surface area contributed by atoms with Gasteiger partial charge in [0.2, 0.25) is 5.91 Å². The Balaban J connectivity index is 1.79. The molecule has 3 heterocycles. The normalized spacial score (nSPS) is 16.0. The zero-order valence-corrected chi connectivity index (χ0v) is 17.3. The summed E-state index contributed by atoms with van der Waals surface area (Å²) < 4.78 is 26.8. The van der Waals surface area contributed by atoms with Crippen LogP contribution in [0.3, 0.4) is 0 Å². The smallest absolute Gasteiger partial charge is 0.274 e. The number of hydrogen-bond donors (Lipinski definition) is 3. The van der Waals surface area contributed by atoms with Crippen LogP contribution in [0.4, 0.5) is 8.78 Å². The molecule has 0 spiro atoms. The highest BCUT2D eigenvalue weighted by atomic mass is 19.3. The number of carbonyl (C=O) groups is 2. The maximum Gasteiger partial charge on any atom is 0.274 e. The first kappa shape index (κ1) is 22.1. The summed E-state index contributed by atoms with van der Waals surface area (Å²) in [6.45, 7) is 4.00. The number of alkyl halides is 2. The average molecular weight is 431 g/mol. The van der Waals surface area contributed by atoms with Crippen molar-refractivity contribution in [1.82, 2.24) is 30.3 Å². The van der Waals surface area contributed by atoms with Crippen molar-refractivity contribution in [3.05, 3.63) is 53.7 Å². The Labute approximate surface area is 177 Å². The quantitative estimate of drug-likeness (QED) is 0.479. The lowest BCUT2D eigenvalue weighted by Crippen LogP contribution is -2.41. The first-order valence-corrected chi connectivity index (χ1v) is 9.54. The van der Waals surface area contributed by atoms with Gasteiger partial charge in [0.1, 0.15) is 5.69 Å². The summed E-state index contributed by atoms with van der Waals surface area (Å²) in [5.41, 5.74) is -0.737. The monoisotopic (exact) mass is 431 g/mol. The van der Waals surface area contributed by atoms with Crippen molar-refractivity contribution < 1.29 is 18.4 Å². The van der Waals surface area contributed by atoms with Crippen molar-refractivity contribution in [2.75, 3.05) is 13.6 Å². The summed E-state index contributed by atoms with van der Waals surface area (Å²) in [7, 11) is 1.60. The van der Waals surface area contributed by atoms with E-state index in [0.29, 0.717) is 13.0 Å². The number of carbonyl (C=O) groups excluding carboxylic acids is 2. The average Bonchev–Trinajstić information content (AvgIpc) is 3.33. The highest BCUT2D eigenvalue weighted by molar-refractivity contribution is 6.10. The number of halogens is 2. The van der Waals surface area contributed by atoms with Gasteiger partial charge in [-0.15, -0.1) is 0 Å². The van der Waals surface area contributed by atoms with E-state index in [2.05, 4.69) is 20.7 Å². The minimum atomic E-state index is -2.67. The summed E-state index contributed by atoms with van der Waals surface area (Å²) in [5.74, 6) is -0.768. The molecule has 2 amide bonds. The zero-order valence-electron chi connectivity index (χ0n) is 17.3. The zero-order chi connectivity index (χ0) is 22.8. The highest BCUT2D eigenvalue weighted by Crippen LogP contribution is 2.31. The van der Waals surface area contributed by atoms with Gasteiger partial charge in [-0.3, -0.25) is 19.9 Å². The molecule has 2 aromatic rings. The molecule has 0 aromatic carbocycles. The number of aromatic nitrogens is 3. The number of likely N-dealkylation sites (tertiary alicyclic amines) is 1. The second-order valence-corrected chi connectivity index (χ2v) is 7.64. The van der Waals surface area contributed by atoms with Gasteiger partial charge >= 0.3 is 0 Å². The van der Waals surface area contributed by atoms with Crippen molar-refractivity contribution in [3.8, 4) is 5.82 Å². The minimum absolute atomic E-state index is 0.00511. The second kappa shape index (κ2) is 8.62. The van der Waals surface area contributed by atoms with Gasteiger partial charge in [0.25, 0.3) is 12.3 Å². The molecule has 0 bridgehead atoms. The number of nitrogens with zero attached hydrogens (tertiary/aromatic N) is 4. The SMILES string of the molecule is CN/C=C(/NC(=O)c1cccc(-n2cc(C(F)F)cn2)n1)C(=N)N1CCC(C)(C)C1=O. The molecule has 11 heteroatoms. The Morgan fingerprint density at radius 2 is 2.10 bits per heavy atom. The highest BCUT2D eigenvalue weighted by Gasteiger charge is 2.41. The summed E-state index contributed by atoms with van der Waals surface area (Å²) in [6, 6.07) is 4.51. The summed E-state index contributed by atoms with van der Waals surface area (Å²) in [4.78, 5) is 30.8. The Kier molecular flexibility index (Phi) is 6.14. The molecule has 0 atom stereocenters. The van der Waals surface area contributed by atoms with Crippen molar-refractivity contribution in [2.45, 2.75) is 26.7 Å². The maximum absolute atomic E-state index is 12.8. The Morgan fingerprint density at radius 3 is 2.68 bits per heavy atom. The number of rotatable bonds is 6. The van der Waals surface area contributed by atoms with Gasteiger partial charge in [-0.05, 0) is 18.6 Å². The van der Waals surface area contributed by atoms with E-state index in [0.717, 1.165) is 17.1 Å². The van der Waals surface area contributed by atoms with Crippen LogP contribution in [0.2, 0.25) is 0 Å². The molecule has 0 aliphatic carbocycles. The molecule has 3 N–H and O–H groups in total. The van der Waals surface area contributed by atoms with Crippen LogP contribution in [-0.2, 0) is 4.79 Å². The molecule has 2 aromatic heterocycles. The second-order valence-electron chi connectivity index (χ2n) is 7.64. The van der Waals surface area contributed by atoms with Crippen LogP contribution in [0.15, 0.2) is 42.5 Å². The van der Waals surface area contributed by atoms with Gasteiger partial charge in [-0.2, -0.15) is 5.10 Å². The van der Waals surface area contributed by atoms with Crippen LogP contribution in [0.25, 0.3) is 5.82 Å². The summed E-state index contributed by atoms with van der Waals surface area (Å²) in [6.07, 6.45) is 1.51. The van der Waals surface area contributed by atoms with Gasteiger partial charge in [-0.1, -0.05) is 19.9 Å². The number of pyridine rings is 1. The largest absolute Gasteiger partial charge is 0.392 e. The fourth-order valence-electron chi connectivity index (χ4n) is 3.07. The van der Waals surface area contributed by atoms with Crippen LogP contribution in [-0.4, -0.2) is 50.9 Å². The lowest BCUT2D eigenvalue weighted by Gasteiger charge is -2.22. The van der Waals surface area contributed by atoms with E-state index in [1.54, 1.807) is 13.1 Å². The van der Waals surface area contributed by atoms with Crippen LogP contribution >= 0.6 is 0 Å². The molecule has 1 aliphatic rings. The van der Waals surface area contributed by atoms with Gasteiger partial charge in [0, 0.05) is 31.4 Å². The van der Waals surface area contributed by atoms with Crippen LogP contribution in [0, 0.1) is 10.8 Å². The molecule has 164 valence electrons. The van der Waals surface area contributed by atoms with E-state index in [9.17, 15) is 18.4 Å². The van der Waals surface area contributed by atoms with E-state index in [1.165, 1.54) is 23.2 Å². The van der Waals surface area contributed by atoms with Gasteiger partial charge < -0.3 is 10.6 Å². The van der Waals surface area contributed by atoms with Gasteiger partial charge in [-0.25, -0.2) is 18.4 Å². The van der Waals surface area contributed by atoms with E-state index in [1.807, 2.05) is 13.8 Å². The number of amides is 2. The fraction of sp³-hybridized carbons (Fsp3) is 0.350. The van der Waals surface area contributed by atoms with Crippen molar-refractivity contribution in [2.24, 2.45) is 5.41 Å². The number of amidine groups is 1. The topological polar surface area (TPSA) is 116 Å². The number of hydrogen-bond acceptors (Lipinski definition) is 6. The third-order valence-electron chi connectivity index (χ3n) is 4.90. The molecule has 0 unspecified atom stereocenters. The molecular weight excluding hydrogens is 408 g/mol. The van der Waals surface area contributed by atoms with E-state index in [4.69, 9.17) is 5.41 Å². The summed E-state index contributed by atoms with van der Waals surface area (Å²) in [5, 5.41) is 17.6. The lowest BCUT2D eigenvalue weighted by molar-refractivity contribution is -0.131. The molecule has 0 radical (unpaired) electrons. The predicted octanol–water partition coefficient (Wildman–Crippen LogP) is 2.23. The maximum atomic E-state index is 12.8. The molecule has 1 saturated heterocycles. The Bertz CT molecular complexity index is 1050. The molecular formula is C20H23F2N7O2. The van der Waals surface area contributed by atoms with Crippen molar-refractivity contribution in [3.63, 3.8) is 0 Å². The minimum Gasteiger partial charge on any atom is -0.392 e. The number of nitrogens with one attached hydrogen (secondary N) is 3. The van der Waals surface area contributed by atoms with E-state index < -0.39 is 17.7 Å². The molecule has 1 aliphatic heterocycles. The first-order chi connectivity index (χ1) is 14.6. The molecule has 9 nitrogen and oxygen atoms in total. The standard InChI is InChI=1S/C20H23F2N7O2/c1-20(2)7-8-28(19(20)31)17(23)14(10-24-3)27-18(30)13-5-4-6-15(26-13)29-11-12(9-25-29)16(21)22/h4-6,9-11,16,23-24H,7-8H2,1-3H3,(H,27,30)/b14-10+,23-17?. The molecule has 0 saturated carbocycles. The van der Waals surface area contributed by atoms with E-state index >= 15 is 0 Å².